The van der Waals surface area contributed by atoms with Gasteiger partial charge in [0.2, 0.25) is 0 Å². The largest absolute Gasteiger partial charge is 0.294 e. The molecule has 0 saturated carbocycles. The molecule has 0 aliphatic heterocycles. The van der Waals surface area contributed by atoms with Crippen molar-refractivity contribution in [1.29, 1.82) is 0 Å². The Balaban J connectivity index is 2.28. The summed E-state index contributed by atoms with van der Waals surface area (Å²) in [5.41, 5.74) is 2.41. The van der Waals surface area contributed by atoms with Crippen LogP contribution in [0.5, 0.6) is 0 Å². The van der Waals surface area contributed by atoms with Gasteiger partial charge in [-0.2, -0.15) is 0 Å². The maximum absolute atomic E-state index is 12.2. The molecule has 0 spiro atoms. The van der Waals surface area contributed by atoms with Gasteiger partial charge in [-0.05, 0) is 24.6 Å². The van der Waals surface area contributed by atoms with Crippen LogP contribution in [0.4, 0.5) is 0 Å². The topological polar surface area (TPSA) is 17.1 Å². The standard InChI is InChI=1S/C15H11Cl3O/c1-9-2-4-10(5-3-9)6-14(19)15-12(17)7-11(16)8-13(15)18/h2-5,7-8H,6H2,1H3. The molecule has 0 fully saturated rings. The molecule has 0 unspecified atom stereocenters. The fraction of sp³-hybridized carbons (Fsp3) is 0.133. The van der Waals surface area contributed by atoms with Gasteiger partial charge in [0.25, 0.3) is 0 Å². The highest BCUT2D eigenvalue weighted by Crippen LogP contribution is 2.30. The van der Waals surface area contributed by atoms with Crippen molar-refractivity contribution in [2.45, 2.75) is 13.3 Å². The number of hydrogen-bond acceptors (Lipinski definition) is 1. The van der Waals surface area contributed by atoms with Crippen LogP contribution in [-0.4, -0.2) is 5.78 Å². The summed E-state index contributed by atoms with van der Waals surface area (Å²) in [6.45, 7) is 2.00. The van der Waals surface area contributed by atoms with Crippen LogP contribution in [0.15, 0.2) is 36.4 Å². The van der Waals surface area contributed by atoms with E-state index in [-0.39, 0.29) is 22.2 Å². The van der Waals surface area contributed by atoms with E-state index in [0.29, 0.717) is 10.6 Å². The lowest BCUT2D eigenvalue weighted by molar-refractivity contribution is 0.0993. The van der Waals surface area contributed by atoms with Crippen molar-refractivity contribution < 1.29 is 4.79 Å². The molecular formula is C15H11Cl3O. The minimum atomic E-state index is -0.115. The molecule has 0 heterocycles. The Bertz CT molecular complexity index is 595. The third kappa shape index (κ3) is 3.50. The minimum Gasteiger partial charge on any atom is -0.294 e. The van der Waals surface area contributed by atoms with E-state index >= 15 is 0 Å². The van der Waals surface area contributed by atoms with Crippen LogP contribution in [0.2, 0.25) is 15.1 Å². The molecule has 0 aliphatic carbocycles. The molecule has 0 bridgehead atoms. The average molecular weight is 314 g/mol. The predicted molar refractivity (Wildman–Crippen MR) is 80.7 cm³/mol. The highest BCUT2D eigenvalue weighted by atomic mass is 35.5. The van der Waals surface area contributed by atoms with Crippen molar-refractivity contribution in [3.8, 4) is 0 Å². The fourth-order valence-corrected chi connectivity index (χ4v) is 2.82. The van der Waals surface area contributed by atoms with E-state index in [2.05, 4.69) is 0 Å². The number of hydrogen-bond donors (Lipinski definition) is 0. The Hall–Kier alpha value is -1.02. The summed E-state index contributed by atoms with van der Waals surface area (Å²) in [5.74, 6) is -0.115. The van der Waals surface area contributed by atoms with E-state index in [4.69, 9.17) is 34.8 Å². The summed E-state index contributed by atoms with van der Waals surface area (Å²) in [4.78, 5) is 12.2. The maximum Gasteiger partial charge on any atom is 0.170 e. The Labute approximate surface area is 127 Å². The lowest BCUT2D eigenvalue weighted by Gasteiger charge is -2.07. The molecule has 0 aliphatic rings. The number of ketones is 1. The number of benzene rings is 2. The number of Topliss-reactive ketones (excluding diaryl/α,β-unsaturated/α-hetero) is 1. The highest BCUT2D eigenvalue weighted by molar-refractivity contribution is 6.42. The van der Waals surface area contributed by atoms with Gasteiger partial charge in [-0.15, -0.1) is 0 Å². The molecule has 2 rings (SSSR count). The van der Waals surface area contributed by atoms with Crippen molar-refractivity contribution in [3.05, 3.63) is 68.2 Å². The maximum atomic E-state index is 12.2. The lowest BCUT2D eigenvalue weighted by Crippen LogP contribution is -2.05. The van der Waals surface area contributed by atoms with Gasteiger partial charge in [0.1, 0.15) is 0 Å². The smallest absolute Gasteiger partial charge is 0.170 e. The molecule has 0 aromatic heterocycles. The second-order valence-corrected chi connectivity index (χ2v) is 5.58. The Kier molecular flexibility index (Phi) is 4.51. The van der Waals surface area contributed by atoms with Crippen molar-refractivity contribution in [3.63, 3.8) is 0 Å². The Morgan fingerprint density at radius 1 is 1.00 bits per heavy atom. The molecule has 0 amide bonds. The van der Waals surface area contributed by atoms with E-state index < -0.39 is 0 Å². The van der Waals surface area contributed by atoms with Crippen LogP contribution < -0.4 is 0 Å². The van der Waals surface area contributed by atoms with Gasteiger partial charge in [-0.1, -0.05) is 64.6 Å². The molecular weight excluding hydrogens is 303 g/mol. The quantitative estimate of drug-likeness (QED) is 0.695. The third-order valence-corrected chi connectivity index (χ3v) is 3.59. The van der Waals surface area contributed by atoms with E-state index in [1.165, 1.54) is 12.1 Å². The molecule has 4 heteroatoms. The third-order valence-electron chi connectivity index (χ3n) is 2.77. The van der Waals surface area contributed by atoms with E-state index in [1.807, 2.05) is 31.2 Å². The number of rotatable bonds is 3. The fourth-order valence-electron chi connectivity index (χ4n) is 1.79. The second kappa shape index (κ2) is 5.96. The monoisotopic (exact) mass is 312 g/mol. The average Bonchev–Trinajstić information content (AvgIpc) is 2.30. The molecule has 19 heavy (non-hydrogen) atoms. The molecule has 98 valence electrons. The first-order chi connectivity index (χ1) is 8.97. The molecule has 1 nitrogen and oxygen atoms in total. The highest BCUT2D eigenvalue weighted by Gasteiger charge is 2.16. The molecule has 2 aromatic rings. The molecule has 2 aromatic carbocycles. The van der Waals surface area contributed by atoms with E-state index in [9.17, 15) is 4.79 Å². The summed E-state index contributed by atoms with van der Waals surface area (Å²) >= 11 is 17.9. The van der Waals surface area contributed by atoms with Gasteiger partial charge < -0.3 is 0 Å². The molecule has 0 saturated heterocycles. The number of aryl methyl sites for hydroxylation is 1. The normalized spacial score (nSPS) is 10.5. The van der Waals surface area contributed by atoms with Crippen molar-refractivity contribution in [2.24, 2.45) is 0 Å². The van der Waals surface area contributed by atoms with Crippen molar-refractivity contribution >= 4 is 40.6 Å². The molecule has 0 N–H and O–H groups in total. The van der Waals surface area contributed by atoms with Gasteiger partial charge in [-0.25, -0.2) is 0 Å². The van der Waals surface area contributed by atoms with Gasteiger partial charge >= 0.3 is 0 Å². The van der Waals surface area contributed by atoms with Crippen LogP contribution in [-0.2, 0) is 6.42 Å². The zero-order chi connectivity index (χ0) is 14.0. The number of carbonyl (C=O) groups is 1. The van der Waals surface area contributed by atoms with Gasteiger partial charge in [0, 0.05) is 11.4 Å². The SMILES string of the molecule is Cc1ccc(CC(=O)c2c(Cl)cc(Cl)cc2Cl)cc1. The summed E-state index contributed by atoms with van der Waals surface area (Å²) in [5, 5.41) is 0.992. The number of halogens is 3. The van der Waals surface area contributed by atoms with Crippen LogP contribution in [0.25, 0.3) is 0 Å². The zero-order valence-electron chi connectivity index (χ0n) is 10.2. The van der Waals surface area contributed by atoms with Crippen molar-refractivity contribution in [1.82, 2.24) is 0 Å². The van der Waals surface area contributed by atoms with E-state index in [0.717, 1.165) is 11.1 Å². The second-order valence-electron chi connectivity index (χ2n) is 4.33. The summed E-state index contributed by atoms with van der Waals surface area (Å²) < 4.78 is 0. The summed E-state index contributed by atoms with van der Waals surface area (Å²) in [6.07, 6.45) is 0.265. The van der Waals surface area contributed by atoms with E-state index in [1.54, 1.807) is 0 Å². The van der Waals surface area contributed by atoms with Crippen molar-refractivity contribution in [2.75, 3.05) is 0 Å². The first-order valence-electron chi connectivity index (χ1n) is 5.70. The molecule has 0 atom stereocenters. The van der Waals surface area contributed by atoms with Crippen LogP contribution >= 0.6 is 34.8 Å². The van der Waals surface area contributed by atoms with Gasteiger partial charge in [-0.3, -0.25) is 4.79 Å². The van der Waals surface area contributed by atoms with Crippen LogP contribution in [0.3, 0.4) is 0 Å². The number of carbonyl (C=O) groups excluding carboxylic acids is 1. The van der Waals surface area contributed by atoms with Crippen LogP contribution in [0, 0.1) is 6.92 Å². The van der Waals surface area contributed by atoms with Gasteiger partial charge in [0.05, 0.1) is 15.6 Å². The van der Waals surface area contributed by atoms with Crippen LogP contribution in [0.1, 0.15) is 21.5 Å². The lowest BCUT2D eigenvalue weighted by atomic mass is 10.0. The first kappa shape index (κ1) is 14.4. The first-order valence-corrected chi connectivity index (χ1v) is 6.84. The van der Waals surface area contributed by atoms with Gasteiger partial charge in [0.15, 0.2) is 5.78 Å². The molecule has 0 radical (unpaired) electrons. The Morgan fingerprint density at radius 3 is 2.05 bits per heavy atom. The predicted octanol–water partition coefficient (Wildman–Crippen LogP) is 5.38. The minimum absolute atomic E-state index is 0.115. The Morgan fingerprint density at radius 2 is 1.53 bits per heavy atom. The summed E-state index contributed by atoms with van der Waals surface area (Å²) in [7, 11) is 0. The zero-order valence-corrected chi connectivity index (χ0v) is 12.5. The summed E-state index contributed by atoms with van der Waals surface area (Å²) in [6, 6.07) is 10.8.